The van der Waals surface area contributed by atoms with Crippen LogP contribution in [0.3, 0.4) is 0 Å². The van der Waals surface area contributed by atoms with Gasteiger partial charge in [0.1, 0.15) is 0 Å². The molecule has 0 aliphatic rings. The molecule has 3 N–H and O–H groups in total. The standard InChI is InChI=1S/C14H23N3O/c1-4-14(5-2,9-15)10-17-13(18)12-6-7-16-11(3)8-12/h6-8H,4-5,9-10,15H2,1-3H3,(H,17,18). The molecule has 0 fully saturated rings. The van der Waals surface area contributed by atoms with E-state index < -0.39 is 0 Å². The second kappa shape index (κ2) is 6.50. The van der Waals surface area contributed by atoms with Crippen LogP contribution in [0.5, 0.6) is 0 Å². The minimum absolute atomic E-state index is 0.0116. The Morgan fingerprint density at radius 3 is 2.61 bits per heavy atom. The van der Waals surface area contributed by atoms with Crippen molar-refractivity contribution in [3.05, 3.63) is 29.6 Å². The Kier molecular flexibility index (Phi) is 5.28. The van der Waals surface area contributed by atoms with Crippen LogP contribution in [0.15, 0.2) is 18.3 Å². The minimum atomic E-state index is -0.0553. The highest BCUT2D eigenvalue weighted by Gasteiger charge is 2.25. The SMILES string of the molecule is CCC(CC)(CN)CNC(=O)c1ccnc(C)c1. The molecule has 0 saturated heterocycles. The van der Waals surface area contributed by atoms with Gasteiger partial charge < -0.3 is 11.1 Å². The van der Waals surface area contributed by atoms with Gasteiger partial charge in [-0.2, -0.15) is 0 Å². The summed E-state index contributed by atoms with van der Waals surface area (Å²) in [5.74, 6) is -0.0553. The fraction of sp³-hybridized carbons (Fsp3) is 0.571. The van der Waals surface area contributed by atoms with Crippen molar-refractivity contribution in [3.63, 3.8) is 0 Å². The first-order valence-electron chi connectivity index (χ1n) is 6.48. The molecule has 100 valence electrons. The summed E-state index contributed by atoms with van der Waals surface area (Å²) >= 11 is 0. The van der Waals surface area contributed by atoms with Gasteiger partial charge in [0.15, 0.2) is 0 Å². The summed E-state index contributed by atoms with van der Waals surface area (Å²) in [5.41, 5.74) is 7.33. The lowest BCUT2D eigenvalue weighted by atomic mass is 9.82. The summed E-state index contributed by atoms with van der Waals surface area (Å²) < 4.78 is 0. The Labute approximate surface area is 109 Å². The molecule has 1 heterocycles. The molecule has 1 rings (SSSR count). The molecule has 0 unspecified atom stereocenters. The molecular formula is C14H23N3O. The lowest BCUT2D eigenvalue weighted by molar-refractivity contribution is 0.0928. The number of hydrogen-bond acceptors (Lipinski definition) is 3. The summed E-state index contributed by atoms with van der Waals surface area (Å²) in [6.45, 7) is 7.31. The van der Waals surface area contributed by atoms with Gasteiger partial charge in [0.2, 0.25) is 0 Å². The summed E-state index contributed by atoms with van der Waals surface area (Å²) in [5, 5.41) is 2.97. The van der Waals surface area contributed by atoms with E-state index in [9.17, 15) is 4.79 Å². The molecule has 0 atom stereocenters. The number of carbonyl (C=O) groups excluding carboxylic acids is 1. The molecule has 0 saturated carbocycles. The van der Waals surface area contributed by atoms with Gasteiger partial charge in [0.05, 0.1) is 0 Å². The predicted molar refractivity (Wildman–Crippen MR) is 73.4 cm³/mol. The Hall–Kier alpha value is -1.42. The number of hydrogen-bond donors (Lipinski definition) is 2. The van der Waals surface area contributed by atoms with Gasteiger partial charge >= 0.3 is 0 Å². The number of rotatable bonds is 6. The smallest absolute Gasteiger partial charge is 0.251 e. The molecule has 0 aromatic carbocycles. The first kappa shape index (κ1) is 14.6. The number of carbonyl (C=O) groups is 1. The van der Waals surface area contributed by atoms with E-state index in [0.717, 1.165) is 18.5 Å². The fourth-order valence-corrected chi connectivity index (χ4v) is 1.92. The van der Waals surface area contributed by atoms with Gasteiger partial charge in [-0.15, -0.1) is 0 Å². The molecule has 0 radical (unpaired) electrons. The van der Waals surface area contributed by atoms with Gasteiger partial charge in [-0.25, -0.2) is 0 Å². The summed E-state index contributed by atoms with van der Waals surface area (Å²) in [6, 6.07) is 3.52. The highest BCUT2D eigenvalue weighted by atomic mass is 16.1. The Balaban J connectivity index is 2.66. The maximum atomic E-state index is 12.0. The van der Waals surface area contributed by atoms with Crippen LogP contribution < -0.4 is 11.1 Å². The Morgan fingerprint density at radius 1 is 1.44 bits per heavy atom. The highest BCUT2D eigenvalue weighted by Crippen LogP contribution is 2.23. The summed E-state index contributed by atoms with van der Waals surface area (Å²) in [6.07, 6.45) is 3.59. The van der Waals surface area contributed by atoms with Crippen LogP contribution >= 0.6 is 0 Å². The van der Waals surface area contributed by atoms with Crippen molar-refractivity contribution < 1.29 is 4.79 Å². The zero-order valence-corrected chi connectivity index (χ0v) is 11.5. The quantitative estimate of drug-likeness (QED) is 0.809. The molecule has 0 aliphatic carbocycles. The molecule has 4 heteroatoms. The highest BCUT2D eigenvalue weighted by molar-refractivity contribution is 5.94. The normalized spacial score (nSPS) is 11.3. The number of amides is 1. The summed E-state index contributed by atoms with van der Waals surface area (Å²) in [4.78, 5) is 16.1. The molecule has 18 heavy (non-hydrogen) atoms. The topological polar surface area (TPSA) is 68.0 Å². The van der Waals surface area contributed by atoms with Gasteiger partial charge in [0, 0.05) is 24.0 Å². The zero-order chi connectivity index (χ0) is 13.6. The van der Waals surface area contributed by atoms with E-state index >= 15 is 0 Å². The number of nitrogens with two attached hydrogens (primary N) is 1. The maximum Gasteiger partial charge on any atom is 0.251 e. The van der Waals surface area contributed by atoms with Crippen LogP contribution in [0.2, 0.25) is 0 Å². The van der Waals surface area contributed by atoms with Crippen LogP contribution in [-0.2, 0) is 0 Å². The second-order valence-corrected chi connectivity index (χ2v) is 4.78. The van der Waals surface area contributed by atoms with E-state index in [1.54, 1.807) is 18.3 Å². The van der Waals surface area contributed by atoms with Crippen LogP contribution in [0.4, 0.5) is 0 Å². The predicted octanol–water partition coefficient (Wildman–Crippen LogP) is 1.88. The van der Waals surface area contributed by atoms with Crippen molar-refractivity contribution in [3.8, 4) is 0 Å². The molecule has 1 amide bonds. The van der Waals surface area contributed by atoms with Gasteiger partial charge in [-0.3, -0.25) is 9.78 Å². The fourth-order valence-electron chi connectivity index (χ4n) is 1.92. The van der Waals surface area contributed by atoms with E-state index in [4.69, 9.17) is 5.73 Å². The van der Waals surface area contributed by atoms with Crippen LogP contribution in [0, 0.1) is 12.3 Å². The zero-order valence-electron chi connectivity index (χ0n) is 11.5. The van der Waals surface area contributed by atoms with E-state index in [0.29, 0.717) is 18.7 Å². The third-order valence-corrected chi connectivity index (χ3v) is 3.72. The second-order valence-electron chi connectivity index (χ2n) is 4.78. The molecule has 1 aromatic heterocycles. The maximum absolute atomic E-state index is 12.0. The van der Waals surface area contributed by atoms with E-state index in [-0.39, 0.29) is 11.3 Å². The molecule has 1 aromatic rings. The molecule has 0 aliphatic heterocycles. The van der Waals surface area contributed by atoms with Crippen molar-refractivity contribution in [2.45, 2.75) is 33.6 Å². The van der Waals surface area contributed by atoms with E-state index in [2.05, 4.69) is 24.1 Å². The van der Waals surface area contributed by atoms with E-state index in [1.165, 1.54) is 0 Å². The van der Waals surface area contributed by atoms with Crippen molar-refractivity contribution in [2.24, 2.45) is 11.1 Å². The van der Waals surface area contributed by atoms with Crippen LogP contribution in [0.25, 0.3) is 0 Å². The molecule has 0 bridgehead atoms. The van der Waals surface area contributed by atoms with Crippen molar-refractivity contribution in [2.75, 3.05) is 13.1 Å². The first-order chi connectivity index (χ1) is 8.56. The average Bonchev–Trinajstić information content (AvgIpc) is 2.40. The van der Waals surface area contributed by atoms with Gasteiger partial charge in [-0.05, 0) is 43.9 Å². The number of nitrogens with one attached hydrogen (secondary N) is 1. The lowest BCUT2D eigenvalue weighted by Gasteiger charge is -2.30. The summed E-state index contributed by atoms with van der Waals surface area (Å²) in [7, 11) is 0. The monoisotopic (exact) mass is 249 g/mol. The number of nitrogens with zero attached hydrogens (tertiary/aromatic N) is 1. The third-order valence-electron chi connectivity index (χ3n) is 3.72. The number of aromatic nitrogens is 1. The van der Waals surface area contributed by atoms with Crippen LogP contribution in [-0.4, -0.2) is 24.0 Å². The lowest BCUT2D eigenvalue weighted by Crippen LogP contribution is -2.41. The molecular weight excluding hydrogens is 226 g/mol. The Bertz CT molecular complexity index is 392. The molecule has 0 spiro atoms. The number of aryl methyl sites for hydroxylation is 1. The van der Waals surface area contributed by atoms with Crippen molar-refractivity contribution in [1.82, 2.24) is 10.3 Å². The number of pyridine rings is 1. The van der Waals surface area contributed by atoms with E-state index in [1.807, 2.05) is 6.92 Å². The molecule has 4 nitrogen and oxygen atoms in total. The first-order valence-corrected chi connectivity index (χ1v) is 6.48. The van der Waals surface area contributed by atoms with Gasteiger partial charge in [-0.1, -0.05) is 13.8 Å². The average molecular weight is 249 g/mol. The Morgan fingerprint density at radius 2 is 2.11 bits per heavy atom. The van der Waals surface area contributed by atoms with Crippen LogP contribution in [0.1, 0.15) is 42.7 Å². The third kappa shape index (κ3) is 3.53. The van der Waals surface area contributed by atoms with Crippen molar-refractivity contribution in [1.29, 1.82) is 0 Å². The van der Waals surface area contributed by atoms with Gasteiger partial charge in [0.25, 0.3) is 5.91 Å². The van der Waals surface area contributed by atoms with Crippen molar-refractivity contribution >= 4 is 5.91 Å². The largest absolute Gasteiger partial charge is 0.351 e. The minimum Gasteiger partial charge on any atom is -0.351 e.